The number of benzene rings is 1. The SMILES string of the molecule is CCc1nc(-c2cc(S(=O)(=O)N3CCC(C(=O)Nc4ccc(C)c(C)c4)CC3)c(C)s2)no1. The third kappa shape index (κ3) is 4.87. The molecule has 3 heterocycles. The summed E-state index contributed by atoms with van der Waals surface area (Å²) >= 11 is 1.34. The number of carbonyl (C=O) groups excluding carboxylic acids is 1. The van der Waals surface area contributed by atoms with Crippen LogP contribution >= 0.6 is 11.3 Å². The Morgan fingerprint density at radius 2 is 1.91 bits per heavy atom. The van der Waals surface area contributed by atoms with Crippen LogP contribution in [-0.2, 0) is 21.2 Å². The molecule has 0 saturated carbocycles. The average Bonchev–Trinajstić information content (AvgIpc) is 3.43. The molecule has 1 aromatic carbocycles. The molecule has 1 fully saturated rings. The average molecular weight is 489 g/mol. The minimum absolute atomic E-state index is 0.0619. The fourth-order valence-corrected chi connectivity index (χ4v) is 6.85. The van der Waals surface area contributed by atoms with Gasteiger partial charge < -0.3 is 9.84 Å². The van der Waals surface area contributed by atoms with Crippen molar-refractivity contribution in [2.75, 3.05) is 18.4 Å². The van der Waals surface area contributed by atoms with Crippen molar-refractivity contribution in [3.05, 3.63) is 46.2 Å². The van der Waals surface area contributed by atoms with E-state index in [-0.39, 0.29) is 16.7 Å². The number of sulfonamides is 1. The molecule has 1 aliphatic rings. The van der Waals surface area contributed by atoms with E-state index in [4.69, 9.17) is 4.52 Å². The summed E-state index contributed by atoms with van der Waals surface area (Å²) in [6.07, 6.45) is 1.59. The second kappa shape index (κ2) is 9.36. The fourth-order valence-electron chi connectivity index (χ4n) is 3.89. The van der Waals surface area contributed by atoms with Gasteiger partial charge in [0.2, 0.25) is 27.6 Å². The van der Waals surface area contributed by atoms with Gasteiger partial charge in [0.15, 0.2) is 0 Å². The predicted molar refractivity (Wildman–Crippen MR) is 128 cm³/mol. The lowest BCUT2D eigenvalue weighted by molar-refractivity contribution is -0.120. The topological polar surface area (TPSA) is 105 Å². The van der Waals surface area contributed by atoms with Crippen LogP contribution in [0.25, 0.3) is 10.7 Å². The smallest absolute Gasteiger partial charge is 0.244 e. The van der Waals surface area contributed by atoms with Crippen LogP contribution < -0.4 is 5.32 Å². The first kappa shape index (κ1) is 23.6. The maximum Gasteiger partial charge on any atom is 0.244 e. The standard InChI is InChI=1S/C23H28N4O4S2/c1-5-21-25-22(26-31-21)19-13-20(16(4)32-19)33(29,30)27-10-8-17(9-11-27)23(28)24-18-7-6-14(2)15(3)12-18/h6-7,12-13,17H,5,8-11H2,1-4H3,(H,24,28). The lowest BCUT2D eigenvalue weighted by Crippen LogP contribution is -2.41. The molecule has 1 aliphatic heterocycles. The van der Waals surface area contributed by atoms with Gasteiger partial charge in [-0.25, -0.2) is 8.42 Å². The van der Waals surface area contributed by atoms with Crippen LogP contribution in [0.4, 0.5) is 5.69 Å². The van der Waals surface area contributed by atoms with E-state index < -0.39 is 10.0 Å². The quantitative estimate of drug-likeness (QED) is 0.554. The van der Waals surface area contributed by atoms with E-state index in [0.717, 1.165) is 11.3 Å². The van der Waals surface area contributed by atoms with Crippen LogP contribution in [0.15, 0.2) is 33.7 Å². The molecule has 1 N–H and O–H groups in total. The van der Waals surface area contributed by atoms with Crippen molar-refractivity contribution in [1.82, 2.24) is 14.4 Å². The molecule has 10 heteroatoms. The van der Waals surface area contributed by atoms with Gasteiger partial charge in [-0.15, -0.1) is 11.3 Å². The molecule has 33 heavy (non-hydrogen) atoms. The monoisotopic (exact) mass is 488 g/mol. The van der Waals surface area contributed by atoms with Gasteiger partial charge in [0, 0.05) is 36.0 Å². The first-order valence-corrected chi connectivity index (χ1v) is 13.3. The maximum atomic E-state index is 13.3. The Morgan fingerprint density at radius 1 is 1.18 bits per heavy atom. The van der Waals surface area contributed by atoms with Gasteiger partial charge in [-0.1, -0.05) is 18.1 Å². The van der Waals surface area contributed by atoms with Crippen molar-refractivity contribution in [3.63, 3.8) is 0 Å². The lowest BCUT2D eigenvalue weighted by Gasteiger charge is -2.30. The van der Waals surface area contributed by atoms with Gasteiger partial charge in [0.25, 0.3) is 0 Å². The van der Waals surface area contributed by atoms with Crippen molar-refractivity contribution >= 4 is 33.0 Å². The van der Waals surface area contributed by atoms with Gasteiger partial charge in [-0.2, -0.15) is 9.29 Å². The molecule has 2 aromatic heterocycles. The van der Waals surface area contributed by atoms with Crippen molar-refractivity contribution < 1.29 is 17.7 Å². The van der Waals surface area contributed by atoms with Crippen molar-refractivity contribution in [1.29, 1.82) is 0 Å². The molecule has 0 aliphatic carbocycles. The maximum absolute atomic E-state index is 13.3. The van der Waals surface area contributed by atoms with E-state index in [1.54, 1.807) is 13.0 Å². The highest BCUT2D eigenvalue weighted by molar-refractivity contribution is 7.89. The molecule has 8 nitrogen and oxygen atoms in total. The molecule has 1 amide bonds. The van der Waals surface area contributed by atoms with E-state index in [1.807, 2.05) is 39.0 Å². The zero-order chi connectivity index (χ0) is 23.8. The first-order chi connectivity index (χ1) is 15.7. The number of aromatic nitrogens is 2. The van der Waals surface area contributed by atoms with Gasteiger partial charge in [-0.3, -0.25) is 4.79 Å². The second-order valence-electron chi connectivity index (χ2n) is 8.36. The minimum Gasteiger partial charge on any atom is -0.339 e. The summed E-state index contributed by atoms with van der Waals surface area (Å²) in [5.41, 5.74) is 3.06. The zero-order valence-electron chi connectivity index (χ0n) is 19.2. The Labute approximate surface area is 198 Å². The van der Waals surface area contributed by atoms with Crippen LogP contribution in [0, 0.1) is 26.7 Å². The van der Waals surface area contributed by atoms with E-state index in [9.17, 15) is 13.2 Å². The van der Waals surface area contributed by atoms with Crippen molar-refractivity contribution in [2.45, 2.75) is 51.9 Å². The summed E-state index contributed by atoms with van der Waals surface area (Å²) in [6, 6.07) is 7.45. The van der Waals surface area contributed by atoms with E-state index in [0.29, 0.717) is 53.8 Å². The molecule has 1 saturated heterocycles. The third-order valence-electron chi connectivity index (χ3n) is 6.08. The normalized spacial score (nSPS) is 15.6. The van der Waals surface area contributed by atoms with Crippen LogP contribution in [0.3, 0.4) is 0 Å². The number of anilines is 1. The molecule has 0 atom stereocenters. The van der Waals surface area contributed by atoms with E-state index in [2.05, 4.69) is 15.5 Å². The number of thiophene rings is 1. The molecule has 0 unspecified atom stereocenters. The van der Waals surface area contributed by atoms with Crippen LogP contribution in [0.1, 0.15) is 41.7 Å². The highest BCUT2D eigenvalue weighted by Crippen LogP contribution is 2.35. The van der Waals surface area contributed by atoms with Crippen LogP contribution in [0.5, 0.6) is 0 Å². The summed E-state index contributed by atoms with van der Waals surface area (Å²) in [6.45, 7) is 8.35. The lowest BCUT2D eigenvalue weighted by atomic mass is 9.97. The number of aryl methyl sites for hydroxylation is 4. The summed E-state index contributed by atoms with van der Waals surface area (Å²) in [7, 11) is -3.67. The number of nitrogens with zero attached hydrogens (tertiary/aromatic N) is 3. The summed E-state index contributed by atoms with van der Waals surface area (Å²) < 4.78 is 33.3. The number of amides is 1. The van der Waals surface area contributed by atoms with Crippen molar-refractivity contribution in [3.8, 4) is 10.7 Å². The molecule has 4 rings (SSSR count). The van der Waals surface area contributed by atoms with Crippen molar-refractivity contribution in [2.24, 2.45) is 5.92 Å². The Bertz CT molecular complexity index is 1270. The fraction of sp³-hybridized carbons (Fsp3) is 0.435. The number of hydrogen-bond donors (Lipinski definition) is 1. The molecule has 176 valence electrons. The number of nitrogens with one attached hydrogen (secondary N) is 1. The Hall–Kier alpha value is -2.56. The molecule has 0 radical (unpaired) electrons. The Kier molecular flexibility index (Phi) is 6.69. The minimum atomic E-state index is -3.67. The first-order valence-electron chi connectivity index (χ1n) is 11.0. The Balaban J connectivity index is 1.42. The Morgan fingerprint density at radius 3 is 2.55 bits per heavy atom. The predicted octanol–water partition coefficient (Wildman–Crippen LogP) is 4.33. The number of hydrogen-bond acceptors (Lipinski definition) is 7. The van der Waals surface area contributed by atoms with E-state index >= 15 is 0 Å². The molecular weight excluding hydrogens is 460 g/mol. The van der Waals surface area contributed by atoms with Gasteiger partial charge in [-0.05, 0) is 62.9 Å². The summed E-state index contributed by atoms with van der Waals surface area (Å²) in [5.74, 6) is 0.641. The van der Waals surface area contributed by atoms with Crippen LogP contribution in [-0.4, -0.2) is 41.9 Å². The highest BCUT2D eigenvalue weighted by Gasteiger charge is 2.34. The molecule has 3 aromatic rings. The largest absolute Gasteiger partial charge is 0.339 e. The van der Waals surface area contributed by atoms with Gasteiger partial charge in [0.05, 0.1) is 9.77 Å². The number of carbonyl (C=O) groups is 1. The number of rotatable bonds is 6. The third-order valence-corrected chi connectivity index (χ3v) is 9.28. The second-order valence-corrected chi connectivity index (χ2v) is 11.5. The molecule has 0 bridgehead atoms. The van der Waals surface area contributed by atoms with Crippen LogP contribution in [0.2, 0.25) is 0 Å². The molecular formula is C23H28N4O4S2. The van der Waals surface area contributed by atoms with Gasteiger partial charge >= 0.3 is 0 Å². The zero-order valence-corrected chi connectivity index (χ0v) is 20.8. The highest BCUT2D eigenvalue weighted by atomic mass is 32.2. The van der Waals surface area contributed by atoms with Gasteiger partial charge in [0.1, 0.15) is 0 Å². The summed E-state index contributed by atoms with van der Waals surface area (Å²) in [4.78, 5) is 18.6. The van der Waals surface area contributed by atoms with E-state index in [1.165, 1.54) is 21.2 Å². The molecule has 0 spiro atoms. The number of piperidine rings is 1. The summed E-state index contributed by atoms with van der Waals surface area (Å²) in [5, 5.41) is 6.93.